The summed E-state index contributed by atoms with van der Waals surface area (Å²) in [6.07, 6.45) is 9.97. The molecule has 1 N–H and O–H groups in total. The van der Waals surface area contributed by atoms with E-state index in [2.05, 4.69) is 30.5 Å². The van der Waals surface area contributed by atoms with E-state index < -0.39 is 0 Å². The van der Waals surface area contributed by atoms with Gasteiger partial charge in [0.05, 0.1) is 12.7 Å². The standard InChI is InChI=1S/C20H19N7O2/c28-18(24-17-8-11-23-27(17)14-15-4-2-9-21-12-15)6-1-7-19-25-20(26-29-19)16-5-3-10-22-13-16/h2-5,8-13H,1,6-7,14H2,(H,24,28). The lowest BCUT2D eigenvalue weighted by Crippen LogP contribution is -2.16. The van der Waals surface area contributed by atoms with Gasteiger partial charge in [-0.3, -0.25) is 14.8 Å². The van der Waals surface area contributed by atoms with E-state index >= 15 is 0 Å². The van der Waals surface area contributed by atoms with E-state index in [1.165, 1.54) is 0 Å². The Kier molecular flexibility index (Phi) is 5.65. The lowest BCUT2D eigenvalue weighted by atomic mass is 10.2. The summed E-state index contributed by atoms with van der Waals surface area (Å²) < 4.78 is 6.98. The van der Waals surface area contributed by atoms with E-state index in [-0.39, 0.29) is 5.91 Å². The highest BCUT2D eigenvalue weighted by molar-refractivity contribution is 5.89. The van der Waals surface area contributed by atoms with Gasteiger partial charge >= 0.3 is 0 Å². The molecule has 0 aliphatic carbocycles. The maximum atomic E-state index is 12.3. The molecule has 0 atom stereocenters. The van der Waals surface area contributed by atoms with Crippen LogP contribution in [0.4, 0.5) is 5.82 Å². The van der Waals surface area contributed by atoms with Gasteiger partial charge < -0.3 is 9.84 Å². The zero-order valence-electron chi connectivity index (χ0n) is 15.6. The summed E-state index contributed by atoms with van der Waals surface area (Å²) in [6, 6.07) is 9.28. The van der Waals surface area contributed by atoms with Crippen LogP contribution in [0.3, 0.4) is 0 Å². The van der Waals surface area contributed by atoms with Crippen molar-refractivity contribution in [2.24, 2.45) is 0 Å². The Morgan fingerprint density at radius 1 is 1.07 bits per heavy atom. The number of rotatable bonds is 8. The van der Waals surface area contributed by atoms with E-state index in [4.69, 9.17) is 4.52 Å². The fourth-order valence-electron chi connectivity index (χ4n) is 2.80. The van der Waals surface area contributed by atoms with Gasteiger partial charge in [-0.15, -0.1) is 0 Å². The number of hydrogen-bond donors (Lipinski definition) is 1. The lowest BCUT2D eigenvalue weighted by molar-refractivity contribution is -0.116. The molecule has 29 heavy (non-hydrogen) atoms. The van der Waals surface area contributed by atoms with Crippen LogP contribution in [0.1, 0.15) is 24.3 Å². The monoisotopic (exact) mass is 389 g/mol. The number of aryl methyl sites for hydroxylation is 1. The lowest BCUT2D eigenvalue weighted by Gasteiger charge is -2.08. The summed E-state index contributed by atoms with van der Waals surface area (Å²) in [5.74, 6) is 1.55. The molecule has 0 spiro atoms. The predicted octanol–water partition coefficient (Wildman–Crippen LogP) is 2.73. The van der Waals surface area contributed by atoms with Gasteiger partial charge in [0, 0.05) is 49.3 Å². The molecule has 0 bridgehead atoms. The van der Waals surface area contributed by atoms with E-state index in [1.807, 2.05) is 24.3 Å². The van der Waals surface area contributed by atoms with Crippen molar-refractivity contribution < 1.29 is 9.32 Å². The summed E-state index contributed by atoms with van der Waals surface area (Å²) in [4.78, 5) is 24.8. The number of amides is 1. The van der Waals surface area contributed by atoms with Crippen LogP contribution in [-0.4, -0.2) is 35.8 Å². The van der Waals surface area contributed by atoms with E-state index in [0.29, 0.717) is 43.3 Å². The molecule has 0 saturated heterocycles. The van der Waals surface area contributed by atoms with Gasteiger partial charge in [0.15, 0.2) is 0 Å². The molecule has 4 heterocycles. The van der Waals surface area contributed by atoms with Gasteiger partial charge in [0.1, 0.15) is 5.82 Å². The number of nitrogens with zero attached hydrogens (tertiary/aromatic N) is 6. The highest BCUT2D eigenvalue weighted by Crippen LogP contribution is 2.15. The number of carbonyl (C=O) groups is 1. The molecule has 0 aliphatic heterocycles. The first-order chi connectivity index (χ1) is 14.3. The van der Waals surface area contributed by atoms with Crippen LogP contribution in [0.2, 0.25) is 0 Å². The van der Waals surface area contributed by atoms with Crippen molar-refractivity contribution in [1.82, 2.24) is 29.9 Å². The summed E-state index contributed by atoms with van der Waals surface area (Å²) >= 11 is 0. The first-order valence-corrected chi connectivity index (χ1v) is 9.21. The number of aromatic nitrogens is 6. The molecule has 4 aromatic heterocycles. The quantitative estimate of drug-likeness (QED) is 0.493. The largest absolute Gasteiger partial charge is 0.339 e. The molecule has 4 aromatic rings. The van der Waals surface area contributed by atoms with Gasteiger partial charge in [-0.1, -0.05) is 11.2 Å². The zero-order valence-corrected chi connectivity index (χ0v) is 15.6. The number of carbonyl (C=O) groups excluding carboxylic acids is 1. The third-order valence-corrected chi connectivity index (χ3v) is 4.22. The van der Waals surface area contributed by atoms with Crippen LogP contribution < -0.4 is 5.32 Å². The highest BCUT2D eigenvalue weighted by Gasteiger charge is 2.11. The first-order valence-electron chi connectivity index (χ1n) is 9.21. The van der Waals surface area contributed by atoms with Crippen LogP contribution >= 0.6 is 0 Å². The maximum absolute atomic E-state index is 12.3. The Morgan fingerprint density at radius 3 is 2.72 bits per heavy atom. The smallest absolute Gasteiger partial charge is 0.226 e. The van der Waals surface area contributed by atoms with Crippen LogP contribution in [-0.2, 0) is 17.8 Å². The van der Waals surface area contributed by atoms with Crippen LogP contribution in [0, 0.1) is 0 Å². The van der Waals surface area contributed by atoms with Gasteiger partial charge in [-0.05, 0) is 30.2 Å². The van der Waals surface area contributed by atoms with Gasteiger partial charge in [0.2, 0.25) is 17.6 Å². The predicted molar refractivity (Wildman–Crippen MR) is 105 cm³/mol. The fraction of sp³-hybridized carbons (Fsp3) is 0.200. The Hall–Kier alpha value is -3.88. The molecular formula is C20H19N7O2. The van der Waals surface area contributed by atoms with Gasteiger partial charge in [-0.25, -0.2) is 4.68 Å². The van der Waals surface area contributed by atoms with Crippen LogP contribution in [0.5, 0.6) is 0 Å². The summed E-state index contributed by atoms with van der Waals surface area (Å²) in [7, 11) is 0. The van der Waals surface area contributed by atoms with E-state index in [0.717, 1.165) is 11.1 Å². The topological polar surface area (TPSA) is 112 Å². The van der Waals surface area contributed by atoms with Crippen molar-refractivity contribution in [3.8, 4) is 11.4 Å². The molecule has 4 rings (SSSR count). The van der Waals surface area contributed by atoms with Gasteiger partial charge in [0.25, 0.3) is 0 Å². The molecule has 0 fully saturated rings. The number of pyridine rings is 2. The Labute approximate surface area is 166 Å². The van der Waals surface area contributed by atoms with E-state index in [9.17, 15) is 4.79 Å². The van der Waals surface area contributed by atoms with Crippen LogP contribution in [0.25, 0.3) is 11.4 Å². The van der Waals surface area contributed by atoms with E-state index in [1.54, 1.807) is 41.7 Å². The normalized spacial score (nSPS) is 10.8. The highest BCUT2D eigenvalue weighted by atomic mass is 16.5. The number of anilines is 1. The summed E-state index contributed by atoms with van der Waals surface area (Å²) in [6.45, 7) is 0.537. The average Bonchev–Trinajstić information content (AvgIpc) is 3.39. The van der Waals surface area contributed by atoms with Crippen molar-refractivity contribution >= 4 is 11.7 Å². The third kappa shape index (κ3) is 4.89. The molecule has 9 heteroatoms. The van der Waals surface area contributed by atoms with Crippen LogP contribution in [0.15, 0.2) is 65.8 Å². The van der Waals surface area contributed by atoms with Crippen molar-refractivity contribution in [3.63, 3.8) is 0 Å². The minimum Gasteiger partial charge on any atom is -0.339 e. The average molecular weight is 389 g/mol. The molecule has 0 saturated carbocycles. The third-order valence-electron chi connectivity index (χ3n) is 4.22. The minimum atomic E-state index is -0.0927. The number of nitrogens with one attached hydrogen (secondary N) is 1. The maximum Gasteiger partial charge on any atom is 0.226 e. The second-order valence-corrected chi connectivity index (χ2v) is 6.39. The van der Waals surface area contributed by atoms with Crippen molar-refractivity contribution in [2.45, 2.75) is 25.8 Å². The second-order valence-electron chi connectivity index (χ2n) is 6.39. The molecule has 1 amide bonds. The Morgan fingerprint density at radius 2 is 1.93 bits per heavy atom. The van der Waals surface area contributed by atoms with Gasteiger partial charge in [-0.2, -0.15) is 10.1 Å². The molecule has 0 unspecified atom stereocenters. The molecule has 0 aromatic carbocycles. The zero-order chi connectivity index (χ0) is 19.9. The SMILES string of the molecule is O=C(CCCc1nc(-c2cccnc2)no1)Nc1ccnn1Cc1cccnc1. The number of hydrogen-bond acceptors (Lipinski definition) is 7. The van der Waals surface area contributed by atoms with Crippen molar-refractivity contribution in [1.29, 1.82) is 0 Å². The molecular weight excluding hydrogens is 370 g/mol. The second kappa shape index (κ2) is 8.87. The molecule has 0 aliphatic rings. The molecule has 146 valence electrons. The Bertz CT molecular complexity index is 1060. The summed E-state index contributed by atoms with van der Waals surface area (Å²) in [5, 5.41) is 11.1. The molecule has 0 radical (unpaired) electrons. The van der Waals surface area contributed by atoms with Crippen molar-refractivity contribution in [2.75, 3.05) is 5.32 Å². The summed E-state index contributed by atoms with van der Waals surface area (Å²) in [5.41, 5.74) is 1.80. The molecule has 9 nitrogen and oxygen atoms in total. The van der Waals surface area contributed by atoms with Crippen molar-refractivity contribution in [3.05, 3.63) is 72.8 Å². The first kappa shape index (κ1) is 18.5. The Balaban J connectivity index is 1.27. The minimum absolute atomic E-state index is 0.0927. The fourth-order valence-corrected chi connectivity index (χ4v) is 2.80.